The maximum absolute atomic E-state index is 12.7. The minimum Gasteiger partial charge on any atom is -0.483 e. The van der Waals surface area contributed by atoms with Gasteiger partial charge in [0.25, 0.3) is 5.91 Å². The Morgan fingerprint density at radius 3 is 2.40 bits per heavy atom. The van der Waals surface area contributed by atoms with Crippen molar-refractivity contribution in [3.05, 3.63) is 71.3 Å². The van der Waals surface area contributed by atoms with Crippen LogP contribution in [0.2, 0.25) is 0 Å². The molecule has 0 aromatic heterocycles. The van der Waals surface area contributed by atoms with Gasteiger partial charge in [-0.3, -0.25) is 4.79 Å². The van der Waals surface area contributed by atoms with Crippen molar-refractivity contribution < 1.29 is 9.53 Å². The number of carbonyl (C=O) groups excluding carboxylic acids is 1. The van der Waals surface area contributed by atoms with E-state index in [-0.39, 0.29) is 12.5 Å². The predicted molar refractivity (Wildman–Crippen MR) is 122 cm³/mol. The molecule has 30 heavy (non-hydrogen) atoms. The van der Waals surface area contributed by atoms with Crippen molar-refractivity contribution in [1.82, 2.24) is 4.90 Å². The Bertz CT molecular complexity index is 1080. The summed E-state index contributed by atoms with van der Waals surface area (Å²) in [7, 11) is 0. The summed E-state index contributed by atoms with van der Waals surface area (Å²) in [5.41, 5.74) is 4.65. The molecule has 3 aromatic carbocycles. The summed E-state index contributed by atoms with van der Waals surface area (Å²) < 4.78 is 5.89. The highest BCUT2D eigenvalue weighted by Gasteiger charge is 2.22. The Balaban J connectivity index is 1.37. The van der Waals surface area contributed by atoms with Crippen LogP contribution in [-0.2, 0) is 4.79 Å². The Morgan fingerprint density at radius 2 is 1.70 bits per heavy atom. The van der Waals surface area contributed by atoms with Crippen molar-refractivity contribution in [2.45, 2.75) is 13.8 Å². The number of carbonyl (C=O) groups is 1. The average molecular weight is 402 g/mol. The monoisotopic (exact) mass is 401 g/mol. The highest BCUT2D eigenvalue weighted by Crippen LogP contribution is 2.28. The molecule has 1 fully saturated rings. The second kappa shape index (κ2) is 8.57. The van der Waals surface area contributed by atoms with Crippen molar-refractivity contribution >= 4 is 28.6 Å². The number of piperazine rings is 1. The van der Waals surface area contributed by atoms with E-state index in [0.717, 1.165) is 29.4 Å². The van der Waals surface area contributed by atoms with Crippen LogP contribution in [0.15, 0.2) is 54.6 Å². The van der Waals surface area contributed by atoms with Gasteiger partial charge in [-0.15, -0.1) is 0 Å². The second-order valence-electron chi connectivity index (χ2n) is 7.77. The minimum atomic E-state index is 0.00921. The maximum Gasteiger partial charge on any atom is 0.260 e. The Hall–Kier alpha value is -3.34. The summed E-state index contributed by atoms with van der Waals surface area (Å²) in [5.74, 6) is 0.688. The lowest BCUT2D eigenvalue weighted by molar-refractivity contribution is -0.133. The lowest BCUT2D eigenvalue weighted by Crippen LogP contribution is -2.50. The van der Waals surface area contributed by atoms with E-state index in [0.29, 0.717) is 18.8 Å². The number of benzene rings is 3. The molecule has 4 rings (SSSR count). The average Bonchev–Trinajstić information content (AvgIpc) is 2.79. The van der Waals surface area contributed by atoms with Crippen molar-refractivity contribution in [1.29, 1.82) is 5.41 Å². The fourth-order valence-electron chi connectivity index (χ4n) is 3.91. The van der Waals surface area contributed by atoms with Crippen LogP contribution in [0, 0.1) is 19.3 Å². The van der Waals surface area contributed by atoms with Gasteiger partial charge in [0.2, 0.25) is 0 Å². The van der Waals surface area contributed by atoms with E-state index in [2.05, 4.69) is 36.9 Å². The van der Waals surface area contributed by atoms with Crippen LogP contribution in [0.1, 0.15) is 16.7 Å². The third kappa shape index (κ3) is 4.01. The Morgan fingerprint density at radius 1 is 0.967 bits per heavy atom. The zero-order valence-corrected chi connectivity index (χ0v) is 17.5. The summed E-state index contributed by atoms with van der Waals surface area (Å²) >= 11 is 0. The number of rotatable bonds is 5. The van der Waals surface area contributed by atoms with Crippen LogP contribution < -0.4 is 9.64 Å². The van der Waals surface area contributed by atoms with E-state index >= 15 is 0 Å². The van der Waals surface area contributed by atoms with Gasteiger partial charge >= 0.3 is 0 Å². The van der Waals surface area contributed by atoms with Crippen molar-refractivity contribution in [2.24, 2.45) is 0 Å². The van der Waals surface area contributed by atoms with Crippen molar-refractivity contribution in [3.8, 4) is 5.75 Å². The normalized spacial score (nSPS) is 14.1. The SMILES string of the molecule is Cc1ccc(N2CCN(C(=O)COc3ccc(C=N)c4ccccc34)CC2)cc1C. The molecule has 1 aliphatic rings. The minimum absolute atomic E-state index is 0.00921. The summed E-state index contributed by atoms with van der Waals surface area (Å²) in [6.07, 6.45) is 1.34. The van der Waals surface area contributed by atoms with Crippen LogP contribution >= 0.6 is 0 Å². The molecule has 5 heteroatoms. The number of hydrogen-bond donors (Lipinski definition) is 1. The predicted octanol–water partition coefficient (Wildman–Crippen LogP) is 4.18. The van der Waals surface area contributed by atoms with E-state index < -0.39 is 0 Å². The molecule has 1 aliphatic heterocycles. The molecule has 0 aliphatic carbocycles. The first-order valence-corrected chi connectivity index (χ1v) is 10.3. The molecular formula is C25H27N3O2. The zero-order valence-electron chi connectivity index (χ0n) is 17.5. The van der Waals surface area contributed by atoms with Gasteiger partial charge in [0.05, 0.1) is 0 Å². The van der Waals surface area contributed by atoms with Gasteiger partial charge in [0.1, 0.15) is 5.75 Å². The third-order valence-electron chi connectivity index (χ3n) is 5.91. The molecule has 1 heterocycles. The van der Waals surface area contributed by atoms with Gasteiger partial charge < -0.3 is 19.9 Å². The molecule has 0 unspecified atom stereocenters. The molecule has 0 bridgehead atoms. The van der Waals surface area contributed by atoms with E-state index in [4.69, 9.17) is 10.1 Å². The van der Waals surface area contributed by atoms with E-state index in [1.807, 2.05) is 41.3 Å². The molecule has 0 saturated carbocycles. The van der Waals surface area contributed by atoms with Crippen LogP contribution in [0.4, 0.5) is 5.69 Å². The van der Waals surface area contributed by atoms with Crippen LogP contribution in [0.25, 0.3) is 10.8 Å². The Labute approximate surface area is 177 Å². The third-order valence-corrected chi connectivity index (χ3v) is 5.91. The van der Waals surface area contributed by atoms with Gasteiger partial charge in [-0.2, -0.15) is 0 Å². The molecule has 5 nitrogen and oxygen atoms in total. The number of anilines is 1. The molecule has 0 spiro atoms. The lowest BCUT2D eigenvalue weighted by Gasteiger charge is -2.36. The van der Waals surface area contributed by atoms with Gasteiger partial charge in [-0.25, -0.2) is 0 Å². The lowest BCUT2D eigenvalue weighted by atomic mass is 10.0. The molecule has 3 aromatic rings. The largest absolute Gasteiger partial charge is 0.483 e. The number of aryl methyl sites for hydroxylation is 2. The molecule has 1 saturated heterocycles. The Kier molecular flexibility index (Phi) is 5.70. The van der Waals surface area contributed by atoms with E-state index in [1.54, 1.807) is 0 Å². The van der Waals surface area contributed by atoms with Crippen molar-refractivity contribution in [2.75, 3.05) is 37.7 Å². The maximum atomic E-state index is 12.7. The highest BCUT2D eigenvalue weighted by atomic mass is 16.5. The van der Waals surface area contributed by atoms with Crippen LogP contribution in [-0.4, -0.2) is 49.8 Å². The van der Waals surface area contributed by atoms with Gasteiger partial charge in [0, 0.05) is 49.0 Å². The fourth-order valence-corrected chi connectivity index (χ4v) is 3.91. The smallest absolute Gasteiger partial charge is 0.260 e. The topological polar surface area (TPSA) is 56.6 Å². The summed E-state index contributed by atoms with van der Waals surface area (Å²) in [4.78, 5) is 16.9. The van der Waals surface area contributed by atoms with Crippen LogP contribution in [0.5, 0.6) is 5.75 Å². The van der Waals surface area contributed by atoms with E-state index in [9.17, 15) is 4.79 Å². The first kappa shape index (κ1) is 20.0. The number of ether oxygens (including phenoxy) is 1. The number of nitrogens with one attached hydrogen (secondary N) is 1. The number of fused-ring (bicyclic) bond motifs is 1. The first-order valence-electron chi connectivity index (χ1n) is 10.3. The van der Waals surface area contributed by atoms with Crippen LogP contribution in [0.3, 0.4) is 0 Å². The zero-order chi connectivity index (χ0) is 21.1. The van der Waals surface area contributed by atoms with Gasteiger partial charge in [0.15, 0.2) is 6.61 Å². The standard InChI is InChI=1S/C25H27N3O2/c1-18-7-9-21(15-19(18)2)27-11-13-28(14-12-27)25(29)17-30-24-10-8-20(16-26)22-5-3-4-6-23(22)24/h3-10,15-16,26H,11-14,17H2,1-2H3. The molecule has 0 radical (unpaired) electrons. The highest BCUT2D eigenvalue weighted by molar-refractivity contribution is 6.01. The quantitative estimate of drug-likeness (QED) is 0.653. The van der Waals surface area contributed by atoms with Gasteiger partial charge in [-0.1, -0.05) is 30.3 Å². The molecular weight excluding hydrogens is 374 g/mol. The van der Waals surface area contributed by atoms with Crippen molar-refractivity contribution in [3.63, 3.8) is 0 Å². The van der Waals surface area contributed by atoms with Gasteiger partial charge in [-0.05, 0) is 54.6 Å². The second-order valence-corrected chi connectivity index (χ2v) is 7.77. The molecule has 1 amide bonds. The molecule has 0 atom stereocenters. The number of amides is 1. The first-order chi connectivity index (χ1) is 14.6. The summed E-state index contributed by atoms with van der Waals surface area (Å²) in [5, 5.41) is 9.45. The number of hydrogen-bond acceptors (Lipinski definition) is 4. The summed E-state index contributed by atoms with van der Waals surface area (Å²) in [6, 6.07) is 18.1. The molecule has 1 N–H and O–H groups in total. The van der Waals surface area contributed by atoms with E-state index in [1.165, 1.54) is 23.0 Å². The fraction of sp³-hybridized carbons (Fsp3) is 0.280. The number of nitrogens with zero attached hydrogens (tertiary/aromatic N) is 2. The summed E-state index contributed by atoms with van der Waals surface area (Å²) in [6.45, 7) is 7.32. The molecule has 154 valence electrons.